The van der Waals surface area contributed by atoms with Crippen LogP contribution in [0.25, 0.3) is 0 Å². The van der Waals surface area contributed by atoms with Gasteiger partial charge in [0.2, 0.25) is 0 Å². The Bertz CT molecular complexity index is 219. The van der Waals surface area contributed by atoms with Crippen LogP contribution in [0.5, 0.6) is 0 Å². The number of para-hydroxylation sites is 1. The molecule has 0 radical (unpaired) electrons. The number of anilines is 1. The minimum absolute atomic E-state index is 0.608. The second-order valence-corrected chi connectivity index (χ2v) is 3.00. The van der Waals surface area contributed by atoms with Gasteiger partial charge in [0.05, 0.1) is 10.7 Å². The first kappa shape index (κ1) is 7.85. The summed E-state index contributed by atoms with van der Waals surface area (Å²) in [6.45, 7) is 0. The third-order valence-electron chi connectivity index (χ3n) is 1.11. The Hall–Kier alpha value is -0.250. The highest BCUT2D eigenvalue weighted by molar-refractivity contribution is 9.10. The minimum Gasteiger partial charge on any atom is -0.322 e. The van der Waals surface area contributed by atoms with Gasteiger partial charge < -0.3 is 5.43 Å². The average Bonchev–Trinajstić information content (AvgIpc) is 1.88. The molecule has 0 spiro atoms. The van der Waals surface area contributed by atoms with Crippen molar-refractivity contribution in [2.45, 2.75) is 0 Å². The molecule has 0 aliphatic carbocycles. The van der Waals surface area contributed by atoms with Crippen LogP contribution in [-0.4, -0.2) is 0 Å². The van der Waals surface area contributed by atoms with Gasteiger partial charge in [-0.25, -0.2) is 0 Å². The summed E-state index contributed by atoms with van der Waals surface area (Å²) in [4.78, 5) is 0. The summed E-state index contributed by atoms with van der Waals surface area (Å²) in [6.07, 6.45) is 0. The van der Waals surface area contributed by atoms with E-state index in [4.69, 9.17) is 17.4 Å². The van der Waals surface area contributed by atoms with Crippen molar-refractivity contribution < 1.29 is 0 Å². The van der Waals surface area contributed by atoms with Gasteiger partial charge in [0.1, 0.15) is 0 Å². The molecule has 0 heterocycles. The van der Waals surface area contributed by atoms with Gasteiger partial charge in [-0.15, -0.1) is 0 Å². The predicted octanol–water partition coefficient (Wildman–Crippen LogP) is 2.39. The van der Waals surface area contributed by atoms with Crippen LogP contribution in [0.4, 0.5) is 5.69 Å². The molecule has 0 aliphatic rings. The number of nitrogens with two attached hydrogens (primary N) is 1. The molecule has 1 aromatic carbocycles. The number of benzene rings is 1. The second kappa shape index (κ2) is 3.23. The maximum absolute atomic E-state index is 5.76. The van der Waals surface area contributed by atoms with Gasteiger partial charge in [-0.3, -0.25) is 5.84 Å². The molecule has 0 aromatic heterocycles. The quantitative estimate of drug-likeness (QED) is 0.564. The van der Waals surface area contributed by atoms with Crippen molar-refractivity contribution in [3.8, 4) is 0 Å². The van der Waals surface area contributed by atoms with Gasteiger partial charge >= 0.3 is 0 Å². The molecule has 0 saturated heterocycles. The smallest absolute Gasteiger partial charge is 0.0815 e. The zero-order chi connectivity index (χ0) is 7.56. The summed E-state index contributed by atoms with van der Waals surface area (Å²) in [5.74, 6) is 5.19. The zero-order valence-corrected chi connectivity index (χ0v) is 7.41. The van der Waals surface area contributed by atoms with Crippen molar-refractivity contribution in [2.24, 2.45) is 5.84 Å². The van der Waals surface area contributed by atoms with Crippen LogP contribution in [0.15, 0.2) is 22.7 Å². The Morgan fingerprint density at radius 2 is 2.20 bits per heavy atom. The van der Waals surface area contributed by atoms with Crippen LogP contribution < -0.4 is 11.3 Å². The summed E-state index contributed by atoms with van der Waals surface area (Å²) >= 11 is 9.04. The van der Waals surface area contributed by atoms with Crippen LogP contribution in [0, 0.1) is 0 Å². The Kier molecular flexibility index (Phi) is 2.54. The van der Waals surface area contributed by atoms with E-state index in [1.807, 2.05) is 12.1 Å². The van der Waals surface area contributed by atoms with Gasteiger partial charge in [0.15, 0.2) is 0 Å². The molecule has 0 saturated carbocycles. The Labute approximate surface area is 72.5 Å². The summed E-state index contributed by atoms with van der Waals surface area (Å²) < 4.78 is 0.863. The van der Waals surface area contributed by atoms with Crippen LogP contribution in [0.2, 0.25) is 5.02 Å². The van der Waals surface area contributed by atoms with Gasteiger partial charge in [-0.05, 0) is 28.1 Å². The molecule has 0 unspecified atom stereocenters. The fraction of sp³-hybridized carbons (Fsp3) is 0. The summed E-state index contributed by atoms with van der Waals surface area (Å²) in [6, 6.07) is 5.47. The SMILES string of the molecule is NNc1c(Cl)cccc1Br. The van der Waals surface area contributed by atoms with Crippen molar-refractivity contribution >= 4 is 33.2 Å². The average molecular weight is 221 g/mol. The first-order valence-corrected chi connectivity index (χ1v) is 3.83. The molecule has 0 atom stereocenters. The molecule has 2 nitrogen and oxygen atoms in total. The maximum Gasteiger partial charge on any atom is 0.0815 e. The minimum atomic E-state index is 0.608. The second-order valence-electron chi connectivity index (χ2n) is 1.74. The van der Waals surface area contributed by atoms with Crippen molar-refractivity contribution in [1.82, 2.24) is 0 Å². The molecule has 3 N–H and O–H groups in total. The van der Waals surface area contributed by atoms with E-state index in [1.165, 1.54) is 0 Å². The van der Waals surface area contributed by atoms with E-state index in [0.717, 1.165) is 4.47 Å². The molecule has 0 amide bonds. The third kappa shape index (κ3) is 1.42. The van der Waals surface area contributed by atoms with Crippen molar-refractivity contribution in [2.75, 3.05) is 5.43 Å². The highest BCUT2D eigenvalue weighted by Crippen LogP contribution is 2.28. The molecule has 1 rings (SSSR count). The number of hydrogen-bond acceptors (Lipinski definition) is 2. The highest BCUT2D eigenvalue weighted by atomic mass is 79.9. The van der Waals surface area contributed by atoms with Gasteiger partial charge in [0, 0.05) is 4.47 Å². The Morgan fingerprint density at radius 3 is 2.60 bits per heavy atom. The number of nitrogens with one attached hydrogen (secondary N) is 1. The molecule has 4 heteroatoms. The molecular weight excluding hydrogens is 215 g/mol. The van der Waals surface area contributed by atoms with Gasteiger partial charge in [-0.1, -0.05) is 17.7 Å². The van der Waals surface area contributed by atoms with Crippen LogP contribution in [-0.2, 0) is 0 Å². The van der Waals surface area contributed by atoms with E-state index < -0.39 is 0 Å². The molecule has 10 heavy (non-hydrogen) atoms. The highest BCUT2D eigenvalue weighted by Gasteiger charge is 2.00. The van der Waals surface area contributed by atoms with Gasteiger partial charge in [0.25, 0.3) is 0 Å². The molecule has 0 bridgehead atoms. The predicted molar refractivity (Wildman–Crippen MR) is 47.0 cm³/mol. The number of rotatable bonds is 1. The maximum atomic E-state index is 5.76. The Balaban J connectivity index is 3.17. The van der Waals surface area contributed by atoms with Crippen LogP contribution in [0.3, 0.4) is 0 Å². The molecule has 54 valence electrons. The lowest BCUT2D eigenvalue weighted by Gasteiger charge is -2.03. The monoisotopic (exact) mass is 220 g/mol. The molecule has 1 aromatic rings. The first-order valence-electron chi connectivity index (χ1n) is 2.66. The summed E-state index contributed by atoms with van der Waals surface area (Å²) in [5.41, 5.74) is 3.20. The topological polar surface area (TPSA) is 38.0 Å². The summed E-state index contributed by atoms with van der Waals surface area (Å²) in [5, 5.41) is 0.608. The third-order valence-corrected chi connectivity index (χ3v) is 2.08. The van der Waals surface area contributed by atoms with E-state index in [1.54, 1.807) is 6.07 Å². The number of hydrazine groups is 1. The zero-order valence-electron chi connectivity index (χ0n) is 5.07. The van der Waals surface area contributed by atoms with E-state index >= 15 is 0 Å². The normalized spacial score (nSPS) is 9.50. The van der Waals surface area contributed by atoms with Gasteiger partial charge in [-0.2, -0.15) is 0 Å². The molecule has 0 fully saturated rings. The van der Waals surface area contributed by atoms with E-state index in [2.05, 4.69) is 21.4 Å². The van der Waals surface area contributed by atoms with Crippen LogP contribution in [0.1, 0.15) is 0 Å². The lowest BCUT2D eigenvalue weighted by Crippen LogP contribution is -2.07. The lowest BCUT2D eigenvalue weighted by atomic mass is 10.3. The fourth-order valence-corrected chi connectivity index (χ4v) is 1.46. The fourth-order valence-electron chi connectivity index (χ4n) is 0.636. The summed E-state index contributed by atoms with van der Waals surface area (Å²) in [7, 11) is 0. The number of nitrogen functional groups attached to an aromatic ring is 1. The number of halogens is 2. The van der Waals surface area contributed by atoms with E-state index in [9.17, 15) is 0 Å². The van der Waals surface area contributed by atoms with Crippen LogP contribution >= 0.6 is 27.5 Å². The standard InChI is InChI=1S/C6H6BrClN2/c7-4-2-1-3-5(8)6(4)10-9/h1-3,10H,9H2. The molecular formula is C6H6BrClN2. The number of hydrogen-bond donors (Lipinski definition) is 2. The molecule has 0 aliphatic heterocycles. The lowest BCUT2D eigenvalue weighted by molar-refractivity contribution is 1.34. The van der Waals surface area contributed by atoms with Crippen molar-refractivity contribution in [3.05, 3.63) is 27.7 Å². The first-order chi connectivity index (χ1) is 4.75. The van der Waals surface area contributed by atoms with Crippen molar-refractivity contribution in [3.63, 3.8) is 0 Å². The Morgan fingerprint density at radius 1 is 1.50 bits per heavy atom. The van der Waals surface area contributed by atoms with Crippen molar-refractivity contribution in [1.29, 1.82) is 0 Å². The largest absolute Gasteiger partial charge is 0.322 e. The van der Waals surface area contributed by atoms with E-state index in [-0.39, 0.29) is 0 Å². The van der Waals surface area contributed by atoms with E-state index in [0.29, 0.717) is 10.7 Å².